The first kappa shape index (κ1) is 11.0. The maximum absolute atomic E-state index is 11.6. The first-order chi connectivity index (χ1) is 4.93. The molecule has 0 aromatic heterocycles. The quantitative estimate of drug-likeness (QED) is 0.331. The van der Waals surface area contributed by atoms with Gasteiger partial charge >= 0.3 is 12.1 Å². The van der Waals surface area contributed by atoms with E-state index in [2.05, 4.69) is 4.84 Å². The van der Waals surface area contributed by atoms with Crippen molar-refractivity contribution in [3.05, 3.63) is 0 Å². The van der Waals surface area contributed by atoms with E-state index in [0.29, 0.717) is 0 Å². The number of rotatable bonds is 2. The lowest BCUT2D eigenvalue weighted by Gasteiger charge is -2.17. The molecule has 0 heterocycles. The SMILES string of the molecule is CON(CI)C(=O)C(F)(F)F. The molecule has 0 radical (unpaired) electrons. The number of hydrogen-bond acceptors (Lipinski definition) is 2. The topological polar surface area (TPSA) is 29.5 Å². The Kier molecular flexibility index (Phi) is 4.08. The van der Waals surface area contributed by atoms with Crippen LogP contribution in [-0.2, 0) is 9.63 Å². The minimum Gasteiger partial charge on any atom is -0.273 e. The smallest absolute Gasteiger partial charge is 0.273 e. The van der Waals surface area contributed by atoms with Gasteiger partial charge in [0.15, 0.2) is 0 Å². The van der Waals surface area contributed by atoms with Crippen molar-refractivity contribution in [1.82, 2.24) is 5.06 Å². The van der Waals surface area contributed by atoms with Crippen LogP contribution in [0, 0.1) is 0 Å². The molecule has 3 nitrogen and oxygen atoms in total. The van der Waals surface area contributed by atoms with Crippen LogP contribution in [0.15, 0.2) is 0 Å². The van der Waals surface area contributed by atoms with E-state index in [1.165, 1.54) is 0 Å². The van der Waals surface area contributed by atoms with Crippen molar-refractivity contribution in [3.8, 4) is 0 Å². The van der Waals surface area contributed by atoms with Gasteiger partial charge in [0.25, 0.3) is 0 Å². The molecular weight excluding hydrogens is 278 g/mol. The van der Waals surface area contributed by atoms with Gasteiger partial charge in [0.05, 0.1) is 7.11 Å². The largest absolute Gasteiger partial charge is 0.473 e. The van der Waals surface area contributed by atoms with Crippen LogP contribution in [0.5, 0.6) is 0 Å². The molecule has 0 fully saturated rings. The molecule has 11 heavy (non-hydrogen) atoms. The van der Waals surface area contributed by atoms with Gasteiger partial charge in [0, 0.05) is 0 Å². The fourth-order valence-electron chi connectivity index (χ4n) is 0.327. The molecule has 0 aliphatic rings. The summed E-state index contributed by atoms with van der Waals surface area (Å²) in [5.74, 6) is -1.99. The molecule has 0 unspecified atom stereocenters. The summed E-state index contributed by atoms with van der Waals surface area (Å²) in [6.45, 7) is 0. The van der Waals surface area contributed by atoms with E-state index in [0.717, 1.165) is 7.11 Å². The highest BCUT2D eigenvalue weighted by atomic mass is 127. The number of alkyl halides is 4. The average molecular weight is 283 g/mol. The number of carbonyl (C=O) groups is 1. The van der Waals surface area contributed by atoms with Crippen LogP contribution in [0.1, 0.15) is 0 Å². The monoisotopic (exact) mass is 283 g/mol. The Morgan fingerprint density at radius 2 is 2.09 bits per heavy atom. The number of carbonyl (C=O) groups excluding carboxylic acids is 1. The second-order valence-electron chi connectivity index (χ2n) is 1.48. The van der Waals surface area contributed by atoms with Gasteiger partial charge in [-0.3, -0.25) is 9.63 Å². The van der Waals surface area contributed by atoms with Crippen LogP contribution in [0.2, 0.25) is 0 Å². The van der Waals surface area contributed by atoms with E-state index in [-0.39, 0.29) is 9.61 Å². The predicted molar refractivity (Wildman–Crippen MR) is 38.8 cm³/mol. The van der Waals surface area contributed by atoms with Crippen LogP contribution in [-0.4, -0.2) is 28.8 Å². The van der Waals surface area contributed by atoms with Crippen LogP contribution in [0.25, 0.3) is 0 Å². The molecular formula is C4H5F3INO2. The summed E-state index contributed by atoms with van der Waals surface area (Å²) in [7, 11) is 1.00. The molecule has 0 saturated heterocycles. The highest BCUT2D eigenvalue weighted by molar-refractivity contribution is 14.1. The van der Waals surface area contributed by atoms with E-state index in [9.17, 15) is 18.0 Å². The Morgan fingerprint density at radius 3 is 2.18 bits per heavy atom. The Labute approximate surface area is 74.6 Å². The Bertz CT molecular complexity index is 145. The third-order valence-electron chi connectivity index (χ3n) is 0.798. The molecule has 66 valence electrons. The maximum Gasteiger partial charge on any atom is 0.473 e. The molecule has 1 amide bonds. The Hall–Kier alpha value is -0.0500. The van der Waals surface area contributed by atoms with Gasteiger partial charge < -0.3 is 0 Å². The van der Waals surface area contributed by atoms with E-state index in [4.69, 9.17) is 0 Å². The van der Waals surface area contributed by atoms with Crippen molar-refractivity contribution in [2.45, 2.75) is 6.18 Å². The second-order valence-corrected chi connectivity index (χ2v) is 2.17. The summed E-state index contributed by atoms with van der Waals surface area (Å²) in [5, 5.41) is 0.223. The molecule has 0 rings (SSSR count). The van der Waals surface area contributed by atoms with Gasteiger partial charge in [-0.2, -0.15) is 13.2 Å². The van der Waals surface area contributed by atoms with Crippen molar-refractivity contribution in [2.75, 3.05) is 11.7 Å². The van der Waals surface area contributed by atoms with Crippen LogP contribution < -0.4 is 0 Å². The van der Waals surface area contributed by atoms with Gasteiger partial charge in [-0.15, -0.1) is 0 Å². The summed E-state index contributed by atoms with van der Waals surface area (Å²) in [6.07, 6.45) is -4.86. The first-order valence-electron chi connectivity index (χ1n) is 2.42. The van der Waals surface area contributed by atoms with Gasteiger partial charge in [-0.25, -0.2) is 5.06 Å². The van der Waals surface area contributed by atoms with Gasteiger partial charge in [0.2, 0.25) is 0 Å². The fraction of sp³-hybridized carbons (Fsp3) is 0.750. The van der Waals surface area contributed by atoms with E-state index < -0.39 is 12.1 Å². The summed E-state index contributed by atoms with van der Waals surface area (Å²) < 4.78 is 34.6. The Balaban J connectivity index is 4.22. The van der Waals surface area contributed by atoms with Crippen molar-refractivity contribution in [2.24, 2.45) is 0 Å². The minimum atomic E-state index is -4.86. The normalized spacial score (nSPS) is 11.4. The molecule has 0 aliphatic heterocycles. The van der Waals surface area contributed by atoms with Crippen molar-refractivity contribution in [3.63, 3.8) is 0 Å². The lowest BCUT2D eigenvalue weighted by molar-refractivity contribution is -0.218. The predicted octanol–water partition coefficient (Wildman–Crippen LogP) is 1.33. The molecule has 0 saturated carbocycles. The van der Waals surface area contributed by atoms with Crippen LogP contribution >= 0.6 is 22.6 Å². The molecule has 0 aromatic carbocycles. The third-order valence-corrected chi connectivity index (χ3v) is 1.42. The standard InChI is InChI=1S/C4H5F3INO2/c1-11-9(2-8)3(10)4(5,6)7/h2H2,1H3. The highest BCUT2D eigenvalue weighted by Gasteiger charge is 2.42. The van der Waals surface area contributed by atoms with Gasteiger partial charge in [-0.1, -0.05) is 22.6 Å². The van der Waals surface area contributed by atoms with Crippen LogP contribution in [0.4, 0.5) is 13.2 Å². The van der Waals surface area contributed by atoms with Crippen molar-refractivity contribution >= 4 is 28.5 Å². The molecule has 0 aliphatic carbocycles. The van der Waals surface area contributed by atoms with Gasteiger partial charge in [-0.05, 0) is 0 Å². The summed E-state index contributed by atoms with van der Waals surface area (Å²) >= 11 is 1.58. The van der Waals surface area contributed by atoms with Crippen LogP contribution in [0.3, 0.4) is 0 Å². The second kappa shape index (κ2) is 4.10. The number of hydrogen-bond donors (Lipinski definition) is 0. The lowest BCUT2D eigenvalue weighted by Crippen LogP contribution is -2.39. The zero-order chi connectivity index (χ0) is 9.07. The highest BCUT2D eigenvalue weighted by Crippen LogP contribution is 2.18. The van der Waals surface area contributed by atoms with E-state index in [1.807, 2.05) is 0 Å². The van der Waals surface area contributed by atoms with Crippen molar-refractivity contribution < 1.29 is 22.8 Å². The lowest BCUT2D eigenvalue weighted by atomic mass is 10.6. The maximum atomic E-state index is 11.6. The molecule has 0 bridgehead atoms. The number of amides is 1. The number of halogens is 4. The molecule has 7 heteroatoms. The van der Waals surface area contributed by atoms with Crippen molar-refractivity contribution in [1.29, 1.82) is 0 Å². The molecule has 0 aromatic rings. The number of nitrogens with zero attached hydrogens (tertiary/aromatic N) is 1. The summed E-state index contributed by atoms with van der Waals surface area (Å²) in [4.78, 5) is 14.4. The van der Waals surface area contributed by atoms with Gasteiger partial charge in [0.1, 0.15) is 4.55 Å². The minimum absolute atomic E-state index is 0.160. The van der Waals surface area contributed by atoms with E-state index >= 15 is 0 Å². The molecule has 0 spiro atoms. The number of hydroxylamine groups is 2. The summed E-state index contributed by atoms with van der Waals surface area (Å²) in [5.41, 5.74) is 0. The Morgan fingerprint density at radius 1 is 1.64 bits per heavy atom. The fourth-order valence-corrected chi connectivity index (χ4v) is 0.916. The molecule has 0 N–H and O–H groups in total. The molecule has 0 atom stereocenters. The third kappa shape index (κ3) is 3.23. The summed E-state index contributed by atoms with van der Waals surface area (Å²) in [6, 6.07) is 0. The van der Waals surface area contributed by atoms with E-state index in [1.54, 1.807) is 22.6 Å². The zero-order valence-electron chi connectivity index (χ0n) is 5.48. The first-order valence-corrected chi connectivity index (χ1v) is 3.94. The average Bonchev–Trinajstić information content (AvgIpc) is 1.88. The zero-order valence-corrected chi connectivity index (χ0v) is 7.64.